The fourth-order valence-corrected chi connectivity index (χ4v) is 1.76. The lowest BCUT2D eigenvalue weighted by atomic mass is 9.86. The smallest absolute Gasteiger partial charge is 0.0963 e. The summed E-state index contributed by atoms with van der Waals surface area (Å²) < 4.78 is 0. The van der Waals surface area contributed by atoms with Gasteiger partial charge >= 0.3 is 0 Å². The molecule has 17 heavy (non-hydrogen) atoms. The summed E-state index contributed by atoms with van der Waals surface area (Å²) >= 11 is 0. The highest BCUT2D eigenvalue weighted by Crippen LogP contribution is 2.22. The average molecular weight is 243 g/mol. The summed E-state index contributed by atoms with van der Waals surface area (Å²) in [6, 6.07) is 0. The fraction of sp³-hybridized carbons (Fsp3) is 0.923. The summed E-state index contributed by atoms with van der Waals surface area (Å²) in [4.78, 5) is 2.36. The second-order valence-electron chi connectivity index (χ2n) is 5.27. The number of hydrogen-bond acceptors (Lipinski definition) is 3. The third-order valence-corrected chi connectivity index (χ3v) is 3.33. The van der Waals surface area contributed by atoms with Crippen LogP contribution in [0.3, 0.4) is 0 Å². The van der Waals surface area contributed by atoms with Crippen LogP contribution in [0.2, 0.25) is 0 Å². The number of unbranched alkanes of at least 4 members (excludes halogenated alkanes) is 1. The van der Waals surface area contributed by atoms with E-state index in [9.17, 15) is 0 Å². The normalized spacial score (nSPS) is 12.1. The van der Waals surface area contributed by atoms with Gasteiger partial charge in [0, 0.05) is 18.6 Å². The van der Waals surface area contributed by atoms with Crippen molar-refractivity contribution in [3.8, 4) is 0 Å². The minimum Gasteiger partial charge on any atom is -0.396 e. The van der Waals surface area contributed by atoms with E-state index < -0.39 is 0 Å². The van der Waals surface area contributed by atoms with E-state index in [0.29, 0.717) is 0 Å². The minimum atomic E-state index is -0.165. The zero-order chi connectivity index (χ0) is 13.3. The van der Waals surface area contributed by atoms with Crippen molar-refractivity contribution in [2.45, 2.75) is 46.5 Å². The van der Waals surface area contributed by atoms with Gasteiger partial charge in [-0.05, 0) is 32.4 Å². The first kappa shape index (κ1) is 16.4. The number of nitrogens with zero attached hydrogens (tertiary/aromatic N) is 1. The lowest BCUT2D eigenvalue weighted by Gasteiger charge is -2.24. The number of nitrogens with two attached hydrogens (primary N) is 1. The van der Waals surface area contributed by atoms with Crippen LogP contribution in [0.5, 0.6) is 0 Å². The molecule has 0 heterocycles. The van der Waals surface area contributed by atoms with Crippen molar-refractivity contribution < 1.29 is 5.11 Å². The van der Waals surface area contributed by atoms with Crippen molar-refractivity contribution in [1.29, 1.82) is 5.41 Å². The molecule has 0 amide bonds. The van der Waals surface area contributed by atoms with Gasteiger partial charge in [-0.2, -0.15) is 0 Å². The van der Waals surface area contributed by atoms with Crippen LogP contribution in [-0.2, 0) is 0 Å². The van der Waals surface area contributed by atoms with Gasteiger partial charge in [-0.1, -0.05) is 27.2 Å². The molecule has 0 atom stereocenters. The van der Waals surface area contributed by atoms with Gasteiger partial charge in [0.15, 0.2) is 0 Å². The van der Waals surface area contributed by atoms with E-state index in [1.165, 1.54) is 0 Å². The first-order chi connectivity index (χ1) is 7.94. The zero-order valence-electron chi connectivity index (χ0n) is 11.6. The topological polar surface area (TPSA) is 73.3 Å². The van der Waals surface area contributed by atoms with Gasteiger partial charge in [-0.15, -0.1) is 0 Å². The maximum atomic E-state index is 8.79. The number of hydrogen-bond donors (Lipinski definition) is 3. The molecule has 102 valence electrons. The Labute approximate surface area is 106 Å². The predicted octanol–water partition coefficient (Wildman–Crippen LogP) is 1.82. The molecule has 4 heteroatoms. The Kier molecular flexibility index (Phi) is 8.17. The summed E-state index contributed by atoms with van der Waals surface area (Å²) in [5.74, 6) is 0.283. The van der Waals surface area contributed by atoms with Gasteiger partial charge in [-0.3, -0.25) is 5.41 Å². The second-order valence-corrected chi connectivity index (χ2v) is 5.27. The fourth-order valence-electron chi connectivity index (χ4n) is 1.76. The summed E-state index contributed by atoms with van der Waals surface area (Å²) in [5, 5.41) is 16.3. The highest BCUT2D eigenvalue weighted by molar-refractivity contribution is 5.82. The Bertz CT molecular complexity index is 217. The molecule has 4 nitrogen and oxygen atoms in total. The SMILES string of the molecule is CCN(CCCO)CCCCC(C)(C)C(=N)N. The molecule has 0 saturated heterocycles. The molecule has 0 aliphatic carbocycles. The third-order valence-electron chi connectivity index (χ3n) is 3.33. The Morgan fingerprint density at radius 1 is 1.24 bits per heavy atom. The monoisotopic (exact) mass is 243 g/mol. The molecule has 0 rings (SSSR count). The lowest BCUT2D eigenvalue weighted by Crippen LogP contribution is -2.31. The Morgan fingerprint density at radius 2 is 1.82 bits per heavy atom. The molecule has 0 aromatic rings. The summed E-state index contributed by atoms with van der Waals surface area (Å²) in [6.07, 6.45) is 4.06. The Morgan fingerprint density at radius 3 is 2.29 bits per heavy atom. The van der Waals surface area contributed by atoms with E-state index in [-0.39, 0.29) is 17.9 Å². The number of nitrogens with one attached hydrogen (secondary N) is 1. The van der Waals surface area contributed by atoms with Crippen LogP contribution in [-0.4, -0.2) is 42.1 Å². The highest BCUT2D eigenvalue weighted by Gasteiger charge is 2.20. The van der Waals surface area contributed by atoms with Crippen molar-refractivity contribution >= 4 is 5.84 Å². The van der Waals surface area contributed by atoms with Crippen LogP contribution in [0.4, 0.5) is 0 Å². The maximum Gasteiger partial charge on any atom is 0.0963 e. The van der Waals surface area contributed by atoms with Gasteiger partial charge in [-0.25, -0.2) is 0 Å². The molecule has 0 radical (unpaired) electrons. The molecular weight excluding hydrogens is 214 g/mol. The van der Waals surface area contributed by atoms with E-state index in [0.717, 1.165) is 45.3 Å². The van der Waals surface area contributed by atoms with Crippen molar-refractivity contribution in [3.63, 3.8) is 0 Å². The number of amidine groups is 1. The van der Waals surface area contributed by atoms with Crippen molar-refractivity contribution in [3.05, 3.63) is 0 Å². The second kappa shape index (κ2) is 8.48. The molecule has 0 spiro atoms. The predicted molar refractivity (Wildman–Crippen MR) is 73.4 cm³/mol. The van der Waals surface area contributed by atoms with Crippen molar-refractivity contribution in [2.75, 3.05) is 26.2 Å². The minimum absolute atomic E-state index is 0.165. The van der Waals surface area contributed by atoms with E-state index in [2.05, 4.69) is 11.8 Å². The molecule has 0 aliphatic heterocycles. The Balaban J connectivity index is 3.71. The summed E-state index contributed by atoms with van der Waals surface area (Å²) in [6.45, 7) is 9.56. The summed E-state index contributed by atoms with van der Waals surface area (Å²) in [7, 11) is 0. The molecular formula is C13H29N3O. The number of rotatable bonds is 10. The van der Waals surface area contributed by atoms with Gasteiger partial charge in [0.25, 0.3) is 0 Å². The van der Waals surface area contributed by atoms with Crippen molar-refractivity contribution in [2.24, 2.45) is 11.1 Å². The molecule has 0 fully saturated rings. The van der Waals surface area contributed by atoms with Crippen molar-refractivity contribution in [1.82, 2.24) is 4.90 Å². The number of aliphatic hydroxyl groups excluding tert-OH is 1. The largest absolute Gasteiger partial charge is 0.396 e. The van der Waals surface area contributed by atoms with Crippen LogP contribution >= 0.6 is 0 Å². The van der Waals surface area contributed by atoms with E-state index >= 15 is 0 Å². The maximum absolute atomic E-state index is 8.79. The van der Waals surface area contributed by atoms with E-state index in [4.69, 9.17) is 16.2 Å². The van der Waals surface area contributed by atoms with Crippen LogP contribution in [0.25, 0.3) is 0 Å². The molecule has 0 aromatic heterocycles. The number of aliphatic hydroxyl groups is 1. The van der Waals surface area contributed by atoms with E-state index in [1.54, 1.807) is 0 Å². The first-order valence-electron chi connectivity index (χ1n) is 6.61. The lowest BCUT2D eigenvalue weighted by molar-refractivity contribution is 0.226. The first-order valence-corrected chi connectivity index (χ1v) is 6.61. The molecule has 0 aliphatic rings. The highest BCUT2D eigenvalue weighted by atomic mass is 16.3. The van der Waals surface area contributed by atoms with Gasteiger partial charge in [0.05, 0.1) is 5.84 Å². The van der Waals surface area contributed by atoms with Crippen LogP contribution in [0.15, 0.2) is 0 Å². The van der Waals surface area contributed by atoms with Gasteiger partial charge < -0.3 is 15.7 Å². The molecule has 0 unspecified atom stereocenters. The quantitative estimate of drug-likeness (QED) is 0.311. The average Bonchev–Trinajstić information content (AvgIpc) is 2.28. The molecule has 0 aromatic carbocycles. The molecule has 0 bridgehead atoms. The summed E-state index contributed by atoms with van der Waals surface area (Å²) in [5.41, 5.74) is 5.38. The molecule has 4 N–H and O–H groups in total. The third kappa shape index (κ3) is 7.34. The van der Waals surface area contributed by atoms with Crippen LogP contribution < -0.4 is 5.73 Å². The Hall–Kier alpha value is -0.610. The van der Waals surface area contributed by atoms with Crippen LogP contribution in [0.1, 0.15) is 46.5 Å². The van der Waals surface area contributed by atoms with Gasteiger partial charge in [0.2, 0.25) is 0 Å². The van der Waals surface area contributed by atoms with Crippen LogP contribution in [0, 0.1) is 10.8 Å². The zero-order valence-corrected chi connectivity index (χ0v) is 11.6. The molecule has 0 saturated carbocycles. The van der Waals surface area contributed by atoms with Gasteiger partial charge in [0.1, 0.15) is 0 Å². The standard InChI is InChI=1S/C13H29N3O/c1-4-16(10-7-11-17)9-6-5-8-13(2,3)12(14)15/h17H,4-11H2,1-3H3,(H3,14,15). The van der Waals surface area contributed by atoms with E-state index in [1.807, 2.05) is 13.8 Å².